The minimum absolute atomic E-state index is 0.0387. The van der Waals surface area contributed by atoms with Crippen molar-refractivity contribution in [1.82, 2.24) is 15.5 Å². The van der Waals surface area contributed by atoms with Gasteiger partial charge in [-0.05, 0) is 30.0 Å². The van der Waals surface area contributed by atoms with E-state index in [0.717, 1.165) is 24.4 Å². The smallest absolute Gasteiger partial charge is 0.241 e. The van der Waals surface area contributed by atoms with Crippen molar-refractivity contribution in [3.63, 3.8) is 0 Å². The molecule has 9 heteroatoms. The Morgan fingerprint density at radius 2 is 1.80 bits per heavy atom. The zero-order chi connectivity index (χ0) is 22.0. The summed E-state index contributed by atoms with van der Waals surface area (Å²) in [4.78, 5) is 18.0. The molecule has 0 bridgehead atoms. The summed E-state index contributed by atoms with van der Waals surface area (Å²) in [6.07, 6.45) is 9.04. The first-order valence-electron chi connectivity index (χ1n) is 10.6. The lowest BCUT2D eigenvalue weighted by Crippen LogP contribution is -2.43. The molecule has 0 atom stereocenters. The molecule has 1 aromatic carbocycles. The van der Waals surface area contributed by atoms with Crippen molar-refractivity contribution >= 4 is 21.9 Å². The quantitative estimate of drug-likeness (QED) is 0.293. The first kappa shape index (κ1) is 24.1. The standard InChI is InChI=1S/C21H35N5O3S/c1-26(2)20(27)16-25-21(23-14-6-5-9-17-7-3-4-8-17)24-15-18-10-12-19(13-11-18)30(22,28)29/h10-13,17H,3-9,14-16H2,1-2H3,(H2,22,28,29)(H2,23,24,25). The molecule has 0 radical (unpaired) electrons. The van der Waals surface area contributed by atoms with Crippen LogP contribution in [0.1, 0.15) is 50.5 Å². The Hall–Kier alpha value is -2.13. The van der Waals surface area contributed by atoms with Crippen LogP contribution in [0, 0.1) is 5.92 Å². The fraction of sp³-hybridized carbons (Fsp3) is 0.619. The Bertz CT molecular complexity index is 800. The Balaban J connectivity index is 1.87. The van der Waals surface area contributed by atoms with Gasteiger partial charge in [0.25, 0.3) is 0 Å². The summed E-state index contributed by atoms with van der Waals surface area (Å²) >= 11 is 0. The van der Waals surface area contributed by atoms with Crippen LogP contribution in [-0.2, 0) is 21.4 Å². The maximum absolute atomic E-state index is 11.9. The molecule has 8 nitrogen and oxygen atoms in total. The minimum atomic E-state index is -3.70. The van der Waals surface area contributed by atoms with Crippen LogP contribution in [0.3, 0.4) is 0 Å². The van der Waals surface area contributed by atoms with Crippen LogP contribution in [0.15, 0.2) is 34.2 Å². The van der Waals surface area contributed by atoms with Crippen LogP contribution in [0.5, 0.6) is 0 Å². The van der Waals surface area contributed by atoms with Gasteiger partial charge >= 0.3 is 0 Å². The van der Waals surface area contributed by atoms with E-state index in [-0.39, 0.29) is 17.3 Å². The lowest BCUT2D eigenvalue weighted by Gasteiger charge is -2.15. The second-order valence-electron chi connectivity index (χ2n) is 8.07. The topological polar surface area (TPSA) is 117 Å². The number of rotatable bonds is 10. The predicted molar refractivity (Wildman–Crippen MR) is 119 cm³/mol. The molecule has 0 saturated heterocycles. The van der Waals surface area contributed by atoms with Crippen molar-refractivity contribution in [2.24, 2.45) is 16.0 Å². The van der Waals surface area contributed by atoms with E-state index < -0.39 is 10.0 Å². The van der Waals surface area contributed by atoms with Gasteiger partial charge in [0.1, 0.15) is 0 Å². The van der Waals surface area contributed by atoms with Crippen LogP contribution in [-0.4, -0.2) is 52.4 Å². The summed E-state index contributed by atoms with van der Waals surface area (Å²) in [5, 5.41) is 11.5. The third kappa shape index (κ3) is 8.71. The summed E-state index contributed by atoms with van der Waals surface area (Å²) in [5.74, 6) is 1.43. The van der Waals surface area contributed by atoms with E-state index in [2.05, 4.69) is 15.6 Å². The van der Waals surface area contributed by atoms with Gasteiger partial charge < -0.3 is 15.5 Å². The molecule has 0 aromatic heterocycles. The normalized spacial score (nSPS) is 15.2. The molecule has 2 rings (SSSR count). The molecule has 0 aliphatic heterocycles. The van der Waals surface area contributed by atoms with Gasteiger partial charge in [-0.15, -0.1) is 0 Å². The van der Waals surface area contributed by atoms with Crippen molar-refractivity contribution < 1.29 is 13.2 Å². The van der Waals surface area contributed by atoms with Gasteiger partial charge in [-0.1, -0.05) is 50.7 Å². The molecular weight excluding hydrogens is 402 g/mol. The molecular formula is C21H35N5O3S. The number of unbranched alkanes of at least 4 members (excludes halogenated alkanes) is 1. The maximum Gasteiger partial charge on any atom is 0.241 e. The Labute approximate surface area is 180 Å². The van der Waals surface area contributed by atoms with Gasteiger partial charge in [-0.3, -0.25) is 4.79 Å². The Morgan fingerprint density at radius 1 is 1.13 bits per heavy atom. The van der Waals surface area contributed by atoms with Gasteiger partial charge in [0.05, 0.1) is 18.0 Å². The molecule has 1 saturated carbocycles. The number of guanidine groups is 1. The zero-order valence-corrected chi connectivity index (χ0v) is 18.9. The van der Waals surface area contributed by atoms with E-state index in [1.165, 1.54) is 55.6 Å². The van der Waals surface area contributed by atoms with Crippen LogP contribution < -0.4 is 15.8 Å². The van der Waals surface area contributed by atoms with E-state index >= 15 is 0 Å². The van der Waals surface area contributed by atoms with Gasteiger partial charge in [0, 0.05) is 20.6 Å². The van der Waals surface area contributed by atoms with Crippen molar-refractivity contribution in [1.29, 1.82) is 0 Å². The number of carbonyl (C=O) groups is 1. The monoisotopic (exact) mass is 437 g/mol. The molecule has 1 aromatic rings. The van der Waals surface area contributed by atoms with Gasteiger partial charge in [-0.25, -0.2) is 18.5 Å². The van der Waals surface area contributed by atoms with Gasteiger partial charge in [-0.2, -0.15) is 0 Å². The summed E-state index contributed by atoms with van der Waals surface area (Å²) in [5.41, 5.74) is 0.851. The third-order valence-electron chi connectivity index (χ3n) is 5.38. The summed E-state index contributed by atoms with van der Waals surface area (Å²) in [6, 6.07) is 6.32. The predicted octanol–water partition coefficient (Wildman–Crippen LogP) is 1.82. The number of nitrogens with two attached hydrogens (primary N) is 1. The molecule has 0 unspecified atom stereocenters. The van der Waals surface area contributed by atoms with Crippen molar-refractivity contribution in [2.45, 2.75) is 56.4 Å². The Morgan fingerprint density at radius 3 is 2.40 bits per heavy atom. The van der Waals surface area contributed by atoms with Crippen molar-refractivity contribution in [3.05, 3.63) is 29.8 Å². The van der Waals surface area contributed by atoms with E-state index in [0.29, 0.717) is 12.5 Å². The molecule has 30 heavy (non-hydrogen) atoms. The molecule has 0 heterocycles. The second-order valence-corrected chi connectivity index (χ2v) is 9.63. The average Bonchev–Trinajstić information content (AvgIpc) is 3.22. The number of hydrogen-bond acceptors (Lipinski definition) is 4. The van der Waals surface area contributed by atoms with Crippen molar-refractivity contribution in [3.8, 4) is 0 Å². The molecule has 4 N–H and O–H groups in total. The number of amides is 1. The average molecular weight is 438 g/mol. The number of benzene rings is 1. The number of sulfonamides is 1. The van der Waals surface area contributed by atoms with Gasteiger partial charge in [0.2, 0.25) is 15.9 Å². The van der Waals surface area contributed by atoms with Crippen LogP contribution in [0.2, 0.25) is 0 Å². The van der Waals surface area contributed by atoms with Crippen LogP contribution in [0.4, 0.5) is 0 Å². The fourth-order valence-electron chi connectivity index (χ4n) is 3.51. The minimum Gasteiger partial charge on any atom is -0.356 e. The highest BCUT2D eigenvalue weighted by molar-refractivity contribution is 7.89. The molecule has 1 amide bonds. The van der Waals surface area contributed by atoms with E-state index in [9.17, 15) is 13.2 Å². The molecule has 0 spiro atoms. The molecule has 1 fully saturated rings. The SMILES string of the molecule is CN(C)C(=O)CNC(=NCc1ccc(S(N)(=O)=O)cc1)NCCCCC1CCCC1. The second kappa shape index (κ2) is 11.9. The molecule has 1 aliphatic carbocycles. The van der Waals surface area contributed by atoms with Crippen molar-refractivity contribution in [2.75, 3.05) is 27.2 Å². The zero-order valence-electron chi connectivity index (χ0n) is 18.1. The summed E-state index contributed by atoms with van der Waals surface area (Å²) < 4.78 is 22.7. The maximum atomic E-state index is 11.9. The van der Waals surface area contributed by atoms with Gasteiger partial charge in [0.15, 0.2) is 5.96 Å². The highest BCUT2D eigenvalue weighted by atomic mass is 32.2. The first-order chi connectivity index (χ1) is 14.3. The number of likely N-dealkylation sites (N-methyl/N-ethyl adjacent to an activating group) is 1. The van der Waals surface area contributed by atoms with Crippen LogP contribution in [0.25, 0.3) is 0 Å². The lowest BCUT2D eigenvalue weighted by molar-refractivity contribution is -0.127. The van der Waals surface area contributed by atoms with Crippen LogP contribution >= 0.6 is 0 Å². The highest BCUT2D eigenvalue weighted by Gasteiger charge is 2.14. The lowest BCUT2D eigenvalue weighted by atomic mass is 10.0. The van der Waals surface area contributed by atoms with E-state index in [1.54, 1.807) is 26.2 Å². The fourth-order valence-corrected chi connectivity index (χ4v) is 4.03. The summed E-state index contributed by atoms with van der Waals surface area (Å²) in [6.45, 7) is 1.31. The highest BCUT2D eigenvalue weighted by Crippen LogP contribution is 2.28. The van der Waals surface area contributed by atoms with E-state index in [1.807, 2.05) is 0 Å². The number of nitrogens with one attached hydrogen (secondary N) is 2. The number of nitrogens with zero attached hydrogens (tertiary/aromatic N) is 2. The summed E-state index contributed by atoms with van der Waals surface area (Å²) in [7, 11) is -0.278. The number of aliphatic imine (C=N–C) groups is 1. The molecule has 168 valence electrons. The largest absolute Gasteiger partial charge is 0.356 e. The number of primary sulfonamides is 1. The third-order valence-corrected chi connectivity index (χ3v) is 6.31. The number of hydrogen-bond donors (Lipinski definition) is 3. The number of carbonyl (C=O) groups excluding carboxylic acids is 1. The Kier molecular flexibility index (Phi) is 9.58. The molecule has 1 aliphatic rings. The van der Waals surface area contributed by atoms with E-state index in [4.69, 9.17) is 5.14 Å². The first-order valence-corrected chi connectivity index (χ1v) is 12.1.